The summed E-state index contributed by atoms with van der Waals surface area (Å²) in [5.74, 6) is 0. The van der Waals surface area contributed by atoms with Gasteiger partial charge in [-0.1, -0.05) is 6.07 Å². The number of amides is 1. The van der Waals surface area contributed by atoms with Crippen LogP contribution in [-0.2, 0) is 11.3 Å². The molecule has 4 N–H and O–H groups in total. The van der Waals surface area contributed by atoms with Crippen LogP contribution >= 0.6 is 0 Å². The van der Waals surface area contributed by atoms with Gasteiger partial charge in [0.05, 0.1) is 34.4 Å². The van der Waals surface area contributed by atoms with E-state index in [1.165, 1.54) is 6.20 Å². The Labute approximate surface area is 225 Å². The van der Waals surface area contributed by atoms with E-state index in [9.17, 15) is 14.9 Å². The first-order valence-electron chi connectivity index (χ1n) is 12.2. The van der Waals surface area contributed by atoms with Crippen LogP contribution in [-0.4, -0.2) is 39.6 Å². The number of nitrogens with two attached hydrogens (primary N) is 1. The van der Waals surface area contributed by atoms with Gasteiger partial charge in [0.1, 0.15) is 11.7 Å². The molecule has 0 aliphatic rings. The molecule has 10 nitrogen and oxygen atoms in total. The number of ether oxygens (including phenoxy) is 1. The van der Waals surface area contributed by atoms with Crippen molar-refractivity contribution in [2.45, 2.75) is 39.8 Å². The van der Waals surface area contributed by atoms with Crippen molar-refractivity contribution in [1.29, 1.82) is 5.26 Å². The van der Waals surface area contributed by atoms with Crippen molar-refractivity contribution in [2.75, 3.05) is 7.05 Å². The number of aliphatic imine (C=N–C) groups is 1. The van der Waals surface area contributed by atoms with Gasteiger partial charge in [-0.25, -0.2) is 9.89 Å². The van der Waals surface area contributed by atoms with E-state index in [-0.39, 0.29) is 12.1 Å². The van der Waals surface area contributed by atoms with Gasteiger partial charge in [-0.3, -0.25) is 14.8 Å². The molecule has 10 heteroatoms. The highest BCUT2D eigenvalue weighted by molar-refractivity contribution is 6.33. The summed E-state index contributed by atoms with van der Waals surface area (Å²) in [5.41, 5.74) is 9.92. The molecular formula is C29H29N7O3. The van der Waals surface area contributed by atoms with Crippen LogP contribution in [0.1, 0.15) is 48.7 Å². The highest BCUT2D eigenvalue weighted by Crippen LogP contribution is 2.29. The van der Waals surface area contributed by atoms with Crippen molar-refractivity contribution in [3.8, 4) is 6.07 Å². The fourth-order valence-corrected chi connectivity index (χ4v) is 4.31. The highest BCUT2D eigenvalue weighted by Gasteiger charge is 2.20. The summed E-state index contributed by atoms with van der Waals surface area (Å²) in [4.78, 5) is 33.7. The molecule has 39 heavy (non-hydrogen) atoms. The van der Waals surface area contributed by atoms with Gasteiger partial charge in [-0.05, 0) is 69.2 Å². The molecule has 2 heterocycles. The Bertz CT molecular complexity index is 1760. The van der Waals surface area contributed by atoms with E-state index in [1.807, 2.05) is 19.1 Å². The summed E-state index contributed by atoms with van der Waals surface area (Å²) in [7, 11) is 1.63. The zero-order chi connectivity index (χ0) is 28.3. The van der Waals surface area contributed by atoms with E-state index in [4.69, 9.17) is 10.5 Å². The molecule has 2 aromatic carbocycles. The average molecular weight is 524 g/mol. The number of hydrogen-bond acceptors (Lipinski definition) is 8. The summed E-state index contributed by atoms with van der Waals surface area (Å²) in [6, 6.07) is 13.1. The molecule has 0 fully saturated rings. The van der Waals surface area contributed by atoms with Crippen molar-refractivity contribution in [2.24, 2.45) is 10.7 Å². The van der Waals surface area contributed by atoms with Gasteiger partial charge in [0, 0.05) is 41.4 Å². The fourth-order valence-electron chi connectivity index (χ4n) is 4.31. The van der Waals surface area contributed by atoms with E-state index in [0.717, 1.165) is 10.9 Å². The van der Waals surface area contributed by atoms with Gasteiger partial charge in [0.2, 0.25) is 0 Å². The minimum Gasteiger partial charge on any atom is -0.444 e. The Morgan fingerprint density at radius 1 is 1.21 bits per heavy atom. The topological polar surface area (TPSA) is 159 Å². The number of carbonyl (C=O) groups is 1. The normalized spacial score (nSPS) is 12.4. The second-order valence-corrected chi connectivity index (χ2v) is 9.95. The van der Waals surface area contributed by atoms with Crippen LogP contribution in [0.4, 0.5) is 4.79 Å². The molecule has 0 atom stereocenters. The number of aromatic amines is 1. The molecule has 4 rings (SSSR count). The summed E-state index contributed by atoms with van der Waals surface area (Å²) < 4.78 is 5.31. The minimum atomic E-state index is -0.658. The van der Waals surface area contributed by atoms with Crippen LogP contribution in [0.3, 0.4) is 0 Å². The fraction of sp³-hybridized carbons (Fsp3) is 0.241. The van der Waals surface area contributed by atoms with Gasteiger partial charge in [-0.15, -0.1) is 0 Å². The number of fused-ring (bicyclic) bond motifs is 2. The Kier molecular flexibility index (Phi) is 7.44. The number of nitriles is 1. The first-order chi connectivity index (χ1) is 18.6. The molecule has 0 aliphatic heterocycles. The predicted octanol–water partition coefficient (Wildman–Crippen LogP) is 4.09. The quantitative estimate of drug-likeness (QED) is 0.332. The number of H-pyrrole nitrogens is 1. The molecule has 0 saturated heterocycles. The maximum atomic E-state index is 12.5. The van der Waals surface area contributed by atoms with Crippen molar-refractivity contribution in [3.63, 3.8) is 0 Å². The van der Waals surface area contributed by atoms with Crippen molar-refractivity contribution >= 4 is 39.1 Å². The number of nitrogens with one attached hydrogen (secondary N) is 2. The Hall–Kier alpha value is -5.04. The zero-order valence-electron chi connectivity index (χ0n) is 22.4. The molecule has 2 aromatic heterocycles. The van der Waals surface area contributed by atoms with E-state index in [2.05, 4.69) is 31.6 Å². The molecule has 0 radical (unpaired) electrons. The maximum Gasteiger partial charge on any atom is 0.407 e. The largest absolute Gasteiger partial charge is 0.444 e. The Balaban J connectivity index is 1.79. The molecule has 0 spiro atoms. The number of benzene rings is 2. The third-order valence-electron chi connectivity index (χ3n) is 5.99. The van der Waals surface area contributed by atoms with E-state index in [1.54, 1.807) is 58.3 Å². The van der Waals surface area contributed by atoms with Crippen LogP contribution in [0.25, 0.3) is 27.2 Å². The number of rotatable bonds is 5. The lowest BCUT2D eigenvalue weighted by Crippen LogP contribution is -2.32. The van der Waals surface area contributed by atoms with Crippen LogP contribution in [0.15, 0.2) is 58.6 Å². The number of allylic oxidation sites excluding steroid dienone is 1. The molecule has 0 unspecified atom stereocenters. The van der Waals surface area contributed by atoms with Gasteiger partial charge < -0.3 is 15.8 Å². The van der Waals surface area contributed by atoms with Crippen LogP contribution in [0, 0.1) is 18.3 Å². The molecule has 4 aromatic rings. The van der Waals surface area contributed by atoms with Crippen molar-refractivity contribution in [1.82, 2.24) is 20.5 Å². The van der Waals surface area contributed by atoms with E-state index < -0.39 is 11.7 Å². The number of alkyl carbamates (subject to hydrolysis) is 1. The molecule has 1 amide bonds. The Morgan fingerprint density at radius 2 is 1.97 bits per heavy atom. The maximum absolute atomic E-state index is 12.5. The molecule has 0 bridgehead atoms. The lowest BCUT2D eigenvalue weighted by Gasteiger charge is -2.19. The van der Waals surface area contributed by atoms with Crippen LogP contribution < -0.4 is 16.6 Å². The van der Waals surface area contributed by atoms with Crippen LogP contribution in [0.5, 0.6) is 0 Å². The highest BCUT2D eigenvalue weighted by atomic mass is 16.6. The molecule has 0 aliphatic carbocycles. The van der Waals surface area contributed by atoms with E-state index >= 15 is 0 Å². The SMILES string of the molecule is CN=C(/C(=C\N)c1ccc2c(=O)[nH]nc(CNC(=O)OC(C)(C)C)c2c1)c1ccc2ncc(C)cc2c1C#N. The van der Waals surface area contributed by atoms with Crippen molar-refractivity contribution in [3.05, 3.63) is 87.1 Å². The lowest BCUT2D eigenvalue weighted by molar-refractivity contribution is 0.0523. The van der Waals surface area contributed by atoms with Crippen LogP contribution in [0.2, 0.25) is 0 Å². The molecule has 0 saturated carbocycles. The summed E-state index contributed by atoms with van der Waals surface area (Å²) in [5, 5.41) is 21.0. The lowest BCUT2D eigenvalue weighted by atomic mass is 9.90. The van der Waals surface area contributed by atoms with Gasteiger partial charge in [0.15, 0.2) is 0 Å². The zero-order valence-corrected chi connectivity index (χ0v) is 22.4. The number of aromatic nitrogens is 3. The number of pyridine rings is 1. The first-order valence-corrected chi connectivity index (χ1v) is 12.2. The number of nitrogens with zero attached hydrogens (tertiary/aromatic N) is 4. The number of hydrogen-bond donors (Lipinski definition) is 3. The third-order valence-corrected chi connectivity index (χ3v) is 5.99. The smallest absolute Gasteiger partial charge is 0.407 e. The van der Waals surface area contributed by atoms with E-state index in [0.29, 0.717) is 50.0 Å². The second-order valence-electron chi connectivity index (χ2n) is 9.95. The standard InChI is InChI=1S/C29H29N7O3/c1-16-10-20-23(13-31)18(8-9-24(20)33-14-16)26(32-5)22(12-30)17-6-7-19-21(11-17)25(35-36-27(19)37)15-34-28(38)39-29(2,3)4/h6-12,14H,15,30H2,1-5H3,(H,34,38)(H,36,37)/b22-12-,32-26?. The molecular weight excluding hydrogens is 494 g/mol. The second kappa shape index (κ2) is 10.8. The Morgan fingerprint density at radius 3 is 2.64 bits per heavy atom. The third kappa shape index (κ3) is 5.62. The van der Waals surface area contributed by atoms with Gasteiger partial charge in [0.25, 0.3) is 5.56 Å². The summed E-state index contributed by atoms with van der Waals surface area (Å²) in [6.07, 6.45) is 2.57. The summed E-state index contributed by atoms with van der Waals surface area (Å²) in [6.45, 7) is 7.25. The summed E-state index contributed by atoms with van der Waals surface area (Å²) >= 11 is 0. The number of aryl methyl sites for hydroxylation is 1. The average Bonchev–Trinajstić information content (AvgIpc) is 2.89. The molecule has 198 valence electrons. The predicted molar refractivity (Wildman–Crippen MR) is 151 cm³/mol. The monoisotopic (exact) mass is 523 g/mol. The van der Waals surface area contributed by atoms with Gasteiger partial charge >= 0.3 is 6.09 Å². The van der Waals surface area contributed by atoms with Gasteiger partial charge in [-0.2, -0.15) is 10.4 Å². The van der Waals surface area contributed by atoms with Crippen molar-refractivity contribution < 1.29 is 9.53 Å². The minimum absolute atomic E-state index is 0.0254. The number of carbonyl (C=O) groups excluding carboxylic acids is 1. The first kappa shape index (κ1) is 27.0.